The Morgan fingerprint density at radius 1 is 1.44 bits per heavy atom. The number of carbonyl (C=O) groups is 1. The Balaban J connectivity index is 2.38. The summed E-state index contributed by atoms with van der Waals surface area (Å²) in [5.74, 6) is 0.197. The minimum Gasteiger partial charge on any atom is -0.311 e. The second-order valence-electron chi connectivity index (χ2n) is 4.16. The van der Waals surface area contributed by atoms with E-state index in [9.17, 15) is 4.79 Å². The average molecular weight is 218 g/mol. The fourth-order valence-electron chi connectivity index (χ4n) is 2.24. The van der Waals surface area contributed by atoms with Crippen molar-refractivity contribution in [2.24, 2.45) is 0 Å². The van der Waals surface area contributed by atoms with Crippen molar-refractivity contribution in [2.75, 3.05) is 18.5 Å². The van der Waals surface area contributed by atoms with Crippen molar-refractivity contribution < 1.29 is 4.79 Å². The lowest BCUT2D eigenvalue weighted by Gasteiger charge is -2.33. The molecule has 0 saturated carbocycles. The third-order valence-corrected chi connectivity index (χ3v) is 3.07. The van der Waals surface area contributed by atoms with Gasteiger partial charge in [0.15, 0.2) is 0 Å². The quantitative estimate of drug-likeness (QED) is 0.835. The van der Waals surface area contributed by atoms with Crippen molar-refractivity contribution in [3.8, 4) is 0 Å². The molecule has 2 rings (SSSR count). The minimum absolute atomic E-state index is 0.0681. The van der Waals surface area contributed by atoms with E-state index in [4.69, 9.17) is 0 Å². The number of hydrogen-bond acceptors (Lipinski definition) is 2. The molecule has 1 aliphatic rings. The third kappa shape index (κ3) is 1.83. The highest BCUT2D eigenvalue weighted by atomic mass is 16.2. The van der Waals surface area contributed by atoms with Crippen LogP contribution < -0.4 is 10.2 Å². The highest BCUT2D eigenvalue weighted by molar-refractivity contribution is 6.00. The number of carbonyl (C=O) groups excluding carboxylic acids is 1. The predicted octanol–water partition coefficient (Wildman–Crippen LogP) is 1.57. The summed E-state index contributed by atoms with van der Waals surface area (Å²) in [5, 5.41) is 3.09. The molecule has 1 unspecified atom stereocenters. The van der Waals surface area contributed by atoms with Gasteiger partial charge in [0, 0.05) is 12.2 Å². The van der Waals surface area contributed by atoms with Crippen molar-refractivity contribution in [1.29, 1.82) is 0 Å². The van der Waals surface area contributed by atoms with Crippen LogP contribution in [-0.4, -0.2) is 25.5 Å². The van der Waals surface area contributed by atoms with E-state index in [2.05, 4.69) is 18.3 Å². The van der Waals surface area contributed by atoms with E-state index in [0.717, 1.165) is 25.1 Å². The van der Waals surface area contributed by atoms with Crippen LogP contribution in [0.15, 0.2) is 24.3 Å². The van der Waals surface area contributed by atoms with Gasteiger partial charge in [-0.15, -0.1) is 0 Å². The van der Waals surface area contributed by atoms with E-state index in [1.807, 2.05) is 30.1 Å². The van der Waals surface area contributed by atoms with Gasteiger partial charge < -0.3 is 10.2 Å². The van der Waals surface area contributed by atoms with Gasteiger partial charge in [-0.05, 0) is 31.5 Å². The molecule has 0 aliphatic carbocycles. The first-order valence-electron chi connectivity index (χ1n) is 5.84. The number of anilines is 1. The fraction of sp³-hybridized carbons (Fsp3) is 0.462. The molecule has 3 heteroatoms. The lowest BCUT2D eigenvalue weighted by Crippen LogP contribution is -2.50. The molecule has 0 fully saturated rings. The van der Waals surface area contributed by atoms with Gasteiger partial charge in [-0.2, -0.15) is 0 Å². The van der Waals surface area contributed by atoms with Gasteiger partial charge in [-0.3, -0.25) is 4.79 Å². The maximum absolute atomic E-state index is 12.2. The lowest BCUT2D eigenvalue weighted by molar-refractivity contribution is -0.120. The molecule has 16 heavy (non-hydrogen) atoms. The van der Waals surface area contributed by atoms with E-state index in [1.54, 1.807) is 0 Å². The topological polar surface area (TPSA) is 32.3 Å². The van der Waals surface area contributed by atoms with Crippen molar-refractivity contribution >= 4 is 11.6 Å². The maximum atomic E-state index is 12.2. The summed E-state index contributed by atoms with van der Waals surface area (Å²) >= 11 is 0. The number of nitrogens with one attached hydrogen (secondary N) is 1. The molecule has 1 heterocycles. The Hall–Kier alpha value is -1.35. The van der Waals surface area contributed by atoms with Crippen LogP contribution in [0.2, 0.25) is 0 Å². The van der Waals surface area contributed by atoms with Gasteiger partial charge in [0.2, 0.25) is 5.91 Å². The zero-order valence-electron chi connectivity index (χ0n) is 9.86. The molecule has 1 amide bonds. The minimum atomic E-state index is -0.0681. The number of fused-ring (bicyclic) bond motifs is 1. The van der Waals surface area contributed by atoms with Crippen LogP contribution in [-0.2, 0) is 11.2 Å². The standard InChI is InChI=1S/C13H18N2O/c1-3-8-15-12-7-5-4-6-10(12)9-11(14-2)13(15)16/h4-7,11,14H,3,8-9H2,1-2H3. The van der Waals surface area contributed by atoms with Crippen LogP contribution in [0.5, 0.6) is 0 Å². The molecule has 3 nitrogen and oxygen atoms in total. The Morgan fingerprint density at radius 3 is 2.88 bits per heavy atom. The Kier molecular flexibility index (Phi) is 3.25. The zero-order valence-corrected chi connectivity index (χ0v) is 9.86. The van der Waals surface area contributed by atoms with Gasteiger partial charge in [-0.1, -0.05) is 25.1 Å². The Morgan fingerprint density at radius 2 is 2.19 bits per heavy atom. The van der Waals surface area contributed by atoms with Crippen molar-refractivity contribution in [1.82, 2.24) is 5.32 Å². The number of nitrogens with zero attached hydrogens (tertiary/aromatic N) is 1. The summed E-state index contributed by atoms with van der Waals surface area (Å²) in [6.45, 7) is 2.90. The molecule has 1 N–H and O–H groups in total. The molecule has 1 aliphatic heterocycles. The summed E-state index contributed by atoms with van der Waals surface area (Å²) < 4.78 is 0. The Labute approximate surface area is 96.5 Å². The highest BCUT2D eigenvalue weighted by Crippen LogP contribution is 2.27. The monoisotopic (exact) mass is 218 g/mol. The molecule has 0 saturated heterocycles. The highest BCUT2D eigenvalue weighted by Gasteiger charge is 2.30. The number of amides is 1. The number of benzene rings is 1. The second-order valence-corrected chi connectivity index (χ2v) is 4.16. The summed E-state index contributed by atoms with van der Waals surface area (Å²) in [6, 6.07) is 8.10. The first-order chi connectivity index (χ1) is 7.77. The van der Waals surface area contributed by atoms with Crippen LogP contribution in [0.25, 0.3) is 0 Å². The van der Waals surface area contributed by atoms with Crippen LogP contribution >= 0.6 is 0 Å². The van der Waals surface area contributed by atoms with Gasteiger partial charge >= 0.3 is 0 Å². The van der Waals surface area contributed by atoms with Crippen LogP contribution in [0, 0.1) is 0 Å². The molecule has 1 aromatic rings. The third-order valence-electron chi connectivity index (χ3n) is 3.07. The van der Waals surface area contributed by atoms with Gasteiger partial charge in [0.05, 0.1) is 6.04 Å². The van der Waals surface area contributed by atoms with Crippen molar-refractivity contribution in [3.63, 3.8) is 0 Å². The van der Waals surface area contributed by atoms with E-state index < -0.39 is 0 Å². The molecule has 0 aromatic heterocycles. The van der Waals surface area contributed by atoms with Gasteiger partial charge in [0.1, 0.15) is 0 Å². The largest absolute Gasteiger partial charge is 0.311 e. The SMILES string of the molecule is CCCN1C(=O)C(NC)Cc2ccccc21. The Bertz CT molecular complexity index is 389. The molecule has 0 radical (unpaired) electrons. The first-order valence-corrected chi connectivity index (χ1v) is 5.84. The normalized spacial score (nSPS) is 19.8. The molecule has 0 spiro atoms. The van der Waals surface area contributed by atoms with Crippen LogP contribution in [0.3, 0.4) is 0 Å². The zero-order chi connectivity index (χ0) is 11.5. The number of hydrogen-bond donors (Lipinski definition) is 1. The lowest BCUT2D eigenvalue weighted by atomic mass is 9.97. The van der Waals surface area contributed by atoms with Crippen molar-refractivity contribution in [3.05, 3.63) is 29.8 Å². The summed E-state index contributed by atoms with van der Waals surface area (Å²) in [6.07, 6.45) is 1.78. The van der Waals surface area contributed by atoms with Crippen molar-refractivity contribution in [2.45, 2.75) is 25.8 Å². The smallest absolute Gasteiger partial charge is 0.244 e. The fourth-order valence-corrected chi connectivity index (χ4v) is 2.24. The van der Waals surface area contributed by atoms with Gasteiger partial charge in [0.25, 0.3) is 0 Å². The molecule has 1 atom stereocenters. The average Bonchev–Trinajstić information content (AvgIpc) is 2.32. The summed E-state index contributed by atoms with van der Waals surface area (Å²) in [7, 11) is 1.85. The number of rotatable bonds is 3. The molecular formula is C13H18N2O. The molecular weight excluding hydrogens is 200 g/mol. The summed E-state index contributed by atoms with van der Waals surface area (Å²) in [4.78, 5) is 14.1. The maximum Gasteiger partial charge on any atom is 0.244 e. The van der Waals surface area contributed by atoms with Crippen LogP contribution in [0.4, 0.5) is 5.69 Å². The molecule has 0 bridgehead atoms. The van der Waals surface area contributed by atoms with Crippen LogP contribution in [0.1, 0.15) is 18.9 Å². The van der Waals surface area contributed by atoms with E-state index >= 15 is 0 Å². The van der Waals surface area contributed by atoms with E-state index in [-0.39, 0.29) is 11.9 Å². The van der Waals surface area contributed by atoms with Gasteiger partial charge in [-0.25, -0.2) is 0 Å². The van der Waals surface area contributed by atoms with E-state index in [0.29, 0.717) is 0 Å². The number of likely N-dealkylation sites (N-methyl/N-ethyl adjacent to an activating group) is 1. The molecule has 1 aromatic carbocycles. The molecule has 86 valence electrons. The second kappa shape index (κ2) is 4.66. The summed E-state index contributed by atoms with van der Waals surface area (Å²) in [5.41, 5.74) is 2.34. The van der Waals surface area contributed by atoms with E-state index in [1.165, 1.54) is 5.56 Å². The predicted molar refractivity (Wildman–Crippen MR) is 65.6 cm³/mol. The first kappa shape index (κ1) is 11.1. The number of para-hydroxylation sites is 1.